The van der Waals surface area contributed by atoms with Crippen molar-refractivity contribution in [2.24, 2.45) is 5.73 Å². The van der Waals surface area contributed by atoms with Crippen molar-refractivity contribution >= 4 is 19.4 Å². The molecule has 0 saturated carbocycles. The third kappa shape index (κ3) is 6.77. The van der Waals surface area contributed by atoms with E-state index in [1.807, 2.05) is 30.3 Å². The first-order chi connectivity index (χ1) is 5.35. The van der Waals surface area contributed by atoms with Gasteiger partial charge in [-0.15, -0.1) is 0 Å². The van der Waals surface area contributed by atoms with Crippen LogP contribution in [0.1, 0.15) is 5.56 Å². The number of halogens is 2. The number of benzene rings is 1. The van der Waals surface area contributed by atoms with E-state index >= 15 is 0 Å². The fourth-order valence-electron chi connectivity index (χ4n) is 0.614. The summed E-state index contributed by atoms with van der Waals surface area (Å²) in [6.07, 6.45) is 0. The van der Waals surface area contributed by atoms with E-state index in [4.69, 9.17) is 25.1 Å². The quantitative estimate of drug-likeness (QED) is 0.754. The van der Waals surface area contributed by atoms with Crippen molar-refractivity contribution < 1.29 is 15.1 Å². The summed E-state index contributed by atoms with van der Waals surface area (Å²) in [6.45, 7) is 0.640. The Morgan fingerprint density at radius 3 is 1.91 bits per heavy atom. The third-order valence-corrected chi connectivity index (χ3v) is 1.08. The van der Waals surface area contributed by atoms with Crippen molar-refractivity contribution in [2.45, 2.75) is 6.54 Å². The van der Waals surface area contributed by atoms with Crippen LogP contribution in [0.5, 0.6) is 0 Å². The van der Waals surface area contributed by atoms with E-state index in [1.54, 1.807) is 0 Å². The van der Waals surface area contributed by atoms with Crippen molar-refractivity contribution in [1.29, 1.82) is 0 Å². The van der Waals surface area contributed by atoms with Gasteiger partial charge in [-0.2, -0.15) is 0 Å². The molecule has 0 aromatic heterocycles. The van der Waals surface area contributed by atoms with Crippen molar-refractivity contribution in [1.82, 2.24) is 0 Å². The van der Waals surface area contributed by atoms with Crippen LogP contribution in [0.3, 0.4) is 0 Å². The summed E-state index contributed by atoms with van der Waals surface area (Å²) >= 11 is -0.931. The standard InChI is InChI=1S/C7H9N.2ClH.Zn/c8-6-7-4-2-1-3-5-7;;;/h1-5H,6,8H2;2*1H;/q;;;+2/p-2. The predicted molar refractivity (Wildman–Crippen MR) is 46.0 cm³/mol. The molecule has 0 spiro atoms. The van der Waals surface area contributed by atoms with Crippen LogP contribution < -0.4 is 5.73 Å². The first-order valence-electron chi connectivity index (χ1n) is 3.21. The molecule has 0 aliphatic rings. The maximum absolute atomic E-state index is 5.35. The van der Waals surface area contributed by atoms with Gasteiger partial charge in [-0.3, -0.25) is 0 Å². The Bertz CT molecular complexity index is 169. The molecule has 0 atom stereocenters. The van der Waals surface area contributed by atoms with Crippen LogP contribution in [-0.4, -0.2) is 0 Å². The molecule has 0 fully saturated rings. The summed E-state index contributed by atoms with van der Waals surface area (Å²) in [4.78, 5) is 0. The van der Waals surface area contributed by atoms with Crippen molar-refractivity contribution in [3.63, 3.8) is 0 Å². The Balaban J connectivity index is 0.000000292. The van der Waals surface area contributed by atoms with Crippen molar-refractivity contribution in [3.05, 3.63) is 35.9 Å². The third-order valence-electron chi connectivity index (χ3n) is 1.08. The van der Waals surface area contributed by atoms with E-state index in [1.165, 1.54) is 5.56 Å². The first-order valence-corrected chi connectivity index (χ1v) is 11.0. The molecule has 1 rings (SSSR count). The van der Waals surface area contributed by atoms with Crippen LogP contribution in [-0.2, 0) is 21.7 Å². The normalized spacial score (nSPS) is 7.55. The number of nitrogens with two attached hydrogens (primary N) is 1. The van der Waals surface area contributed by atoms with Gasteiger partial charge < -0.3 is 5.73 Å². The topological polar surface area (TPSA) is 26.0 Å². The molecule has 1 aromatic carbocycles. The van der Waals surface area contributed by atoms with Gasteiger partial charge in [-0.1, -0.05) is 30.3 Å². The summed E-state index contributed by atoms with van der Waals surface area (Å²) < 4.78 is 0. The van der Waals surface area contributed by atoms with E-state index in [9.17, 15) is 0 Å². The summed E-state index contributed by atoms with van der Waals surface area (Å²) in [6, 6.07) is 9.99. The van der Waals surface area contributed by atoms with Gasteiger partial charge in [-0.05, 0) is 5.56 Å². The summed E-state index contributed by atoms with van der Waals surface area (Å²) in [5.41, 5.74) is 6.54. The molecule has 2 N–H and O–H groups in total. The zero-order valence-corrected chi connectivity index (χ0v) is 10.6. The number of hydrogen-bond donors (Lipinski definition) is 1. The first kappa shape index (κ1) is 11.4. The maximum atomic E-state index is 5.35. The summed E-state index contributed by atoms with van der Waals surface area (Å²) in [5, 5.41) is 0. The Labute approximate surface area is 82.6 Å². The second kappa shape index (κ2) is 8.48. The summed E-state index contributed by atoms with van der Waals surface area (Å²) in [7, 11) is 9.90. The molecule has 11 heavy (non-hydrogen) atoms. The van der Waals surface area contributed by atoms with Gasteiger partial charge in [-0.25, -0.2) is 0 Å². The fourth-order valence-corrected chi connectivity index (χ4v) is 0.614. The van der Waals surface area contributed by atoms with Crippen LogP contribution in [0.15, 0.2) is 30.3 Å². The minimum atomic E-state index is -0.931. The van der Waals surface area contributed by atoms with Crippen LogP contribution in [0.4, 0.5) is 0 Å². The van der Waals surface area contributed by atoms with E-state index < -0.39 is 15.1 Å². The molecule has 0 saturated heterocycles. The van der Waals surface area contributed by atoms with Crippen molar-refractivity contribution in [3.8, 4) is 0 Å². The second-order valence-electron chi connectivity index (χ2n) is 1.79. The molecule has 0 aliphatic heterocycles. The van der Waals surface area contributed by atoms with Gasteiger partial charge in [0.1, 0.15) is 0 Å². The SMILES string of the molecule is NCc1ccccc1.[Cl][Zn][Cl]. The number of hydrogen-bond acceptors (Lipinski definition) is 1. The van der Waals surface area contributed by atoms with Gasteiger partial charge in [0.15, 0.2) is 0 Å². The van der Waals surface area contributed by atoms with Gasteiger partial charge >= 0.3 is 34.5 Å². The molecule has 0 bridgehead atoms. The van der Waals surface area contributed by atoms with Gasteiger partial charge in [0, 0.05) is 6.54 Å². The van der Waals surface area contributed by atoms with Crippen LogP contribution >= 0.6 is 19.4 Å². The van der Waals surface area contributed by atoms with Crippen LogP contribution in [0.25, 0.3) is 0 Å². The van der Waals surface area contributed by atoms with E-state index in [-0.39, 0.29) is 0 Å². The molecular formula is C7H9Cl2NZn. The molecule has 0 unspecified atom stereocenters. The molecular weight excluding hydrogens is 234 g/mol. The fraction of sp³-hybridized carbons (Fsp3) is 0.143. The number of rotatable bonds is 1. The molecule has 1 aromatic rings. The zero-order valence-electron chi connectivity index (χ0n) is 6.13. The molecule has 1 nitrogen and oxygen atoms in total. The molecule has 0 radical (unpaired) electrons. The van der Waals surface area contributed by atoms with Crippen LogP contribution in [0.2, 0.25) is 0 Å². The molecule has 0 amide bonds. The molecule has 0 aliphatic carbocycles. The Hall–Kier alpha value is 0.383. The van der Waals surface area contributed by atoms with Gasteiger partial charge in [0.05, 0.1) is 0 Å². The Morgan fingerprint density at radius 1 is 1.18 bits per heavy atom. The average Bonchev–Trinajstić information content (AvgIpc) is 2.08. The Morgan fingerprint density at radius 2 is 1.64 bits per heavy atom. The van der Waals surface area contributed by atoms with Crippen LogP contribution in [0, 0.1) is 0 Å². The predicted octanol–water partition coefficient (Wildman–Crippen LogP) is 2.52. The van der Waals surface area contributed by atoms with Gasteiger partial charge in [0.2, 0.25) is 0 Å². The summed E-state index contributed by atoms with van der Waals surface area (Å²) in [5.74, 6) is 0. The Kier molecular flexibility index (Phi) is 8.78. The molecule has 4 heteroatoms. The van der Waals surface area contributed by atoms with Gasteiger partial charge in [0.25, 0.3) is 0 Å². The minimum absolute atomic E-state index is 0.640. The zero-order chi connectivity index (χ0) is 8.53. The van der Waals surface area contributed by atoms with E-state index in [2.05, 4.69) is 0 Å². The average molecular weight is 243 g/mol. The monoisotopic (exact) mass is 241 g/mol. The van der Waals surface area contributed by atoms with E-state index in [0.29, 0.717) is 6.54 Å². The molecule has 58 valence electrons. The van der Waals surface area contributed by atoms with Crippen molar-refractivity contribution in [2.75, 3.05) is 0 Å². The second-order valence-corrected chi connectivity index (χ2v) is 6.41. The van der Waals surface area contributed by atoms with E-state index in [0.717, 1.165) is 0 Å². The molecule has 0 heterocycles.